The van der Waals surface area contributed by atoms with Gasteiger partial charge < -0.3 is 19.9 Å². The summed E-state index contributed by atoms with van der Waals surface area (Å²) >= 11 is 0. The van der Waals surface area contributed by atoms with Crippen molar-refractivity contribution in [2.75, 3.05) is 54.5 Å². The van der Waals surface area contributed by atoms with E-state index in [0.29, 0.717) is 12.0 Å². The van der Waals surface area contributed by atoms with Crippen molar-refractivity contribution in [2.24, 2.45) is 0 Å². The molecule has 8 heteroatoms. The summed E-state index contributed by atoms with van der Waals surface area (Å²) in [6, 6.07) is 2.27. The highest BCUT2D eigenvalue weighted by atomic mass is 16.5. The number of rotatable bonds is 4. The van der Waals surface area contributed by atoms with Gasteiger partial charge in [-0.25, -0.2) is 15.0 Å². The third kappa shape index (κ3) is 3.55. The van der Waals surface area contributed by atoms with Gasteiger partial charge >= 0.3 is 0 Å². The summed E-state index contributed by atoms with van der Waals surface area (Å²) in [6.07, 6.45) is 4.51. The molecular formula is C18H25N7O. The number of morpholine rings is 1. The van der Waals surface area contributed by atoms with Gasteiger partial charge in [0.2, 0.25) is 5.95 Å². The van der Waals surface area contributed by atoms with Crippen LogP contribution in [-0.2, 0) is 4.74 Å². The zero-order valence-electron chi connectivity index (χ0n) is 15.4. The molecule has 0 aliphatic carbocycles. The highest BCUT2D eigenvalue weighted by molar-refractivity contribution is 5.50. The van der Waals surface area contributed by atoms with Gasteiger partial charge in [0.05, 0.1) is 13.2 Å². The largest absolute Gasteiger partial charge is 0.378 e. The van der Waals surface area contributed by atoms with Crippen LogP contribution in [0.4, 0.5) is 17.6 Å². The molecule has 1 atom stereocenters. The Labute approximate surface area is 153 Å². The number of hydrogen-bond donors (Lipinski definition) is 1. The number of hydrogen-bond acceptors (Lipinski definition) is 8. The number of nitrogens with zero attached hydrogens (tertiary/aromatic N) is 6. The number of ether oxygens (including phenoxy) is 1. The van der Waals surface area contributed by atoms with Crippen LogP contribution in [0.1, 0.15) is 17.7 Å². The summed E-state index contributed by atoms with van der Waals surface area (Å²) < 4.78 is 5.41. The van der Waals surface area contributed by atoms with E-state index >= 15 is 0 Å². The average Bonchev–Trinajstić information content (AvgIpc) is 3.13. The second-order valence-corrected chi connectivity index (χ2v) is 6.82. The Morgan fingerprint density at radius 2 is 1.92 bits per heavy atom. The number of nitrogens with one attached hydrogen (secondary N) is 1. The predicted octanol–water partition coefficient (Wildman–Crippen LogP) is 1.41. The maximum Gasteiger partial charge on any atom is 0.224 e. The lowest BCUT2D eigenvalue weighted by molar-refractivity contribution is 0.122. The van der Waals surface area contributed by atoms with Gasteiger partial charge in [-0.3, -0.25) is 0 Å². The fourth-order valence-electron chi connectivity index (χ4n) is 3.48. The zero-order chi connectivity index (χ0) is 17.9. The van der Waals surface area contributed by atoms with Gasteiger partial charge in [0, 0.05) is 49.7 Å². The highest BCUT2D eigenvalue weighted by Gasteiger charge is 2.25. The van der Waals surface area contributed by atoms with Crippen LogP contribution in [0.5, 0.6) is 0 Å². The van der Waals surface area contributed by atoms with Crippen LogP contribution in [-0.4, -0.2) is 65.4 Å². The van der Waals surface area contributed by atoms with Crippen LogP contribution < -0.4 is 15.1 Å². The van der Waals surface area contributed by atoms with Crippen molar-refractivity contribution >= 4 is 17.6 Å². The minimum atomic E-state index is 0.310. The Morgan fingerprint density at radius 1 is 1.08 bits per heavy atom. The Kier molecular flexibility index (Phi) is 4.83. The minimum Gasteiger partial charge on any atom is -0.378 e. The summed E-state index contributed by atoms with van der Waals surface area (Å²) in [7, 11) is 0. The third-order valence-corrected chi connectivity index (χ3v) is 5.11. The van der Waals surface area contributed by atoms with Crippen molar-refractivity contribution < 1.29 is 4.74 Å². The fourth-order valence-corrected chi connectivity index (χ4v) is 3.48. The molecule has 0 amide bonds. The van der Waals surface area contributed by atoms with Gasteiger partial charge in [-0.15, -0.1) is 0 Å². The first kappa shape index (κ1) is 17.0. The van der Waals surface area contributed by atoms with E-state index in [0.717, 1.165) is 68.7 Å². The molecule has 0 saturated carbocycles. The zero-order valence-corrected chi connectivity index (χ0v) is 15.4. The van der Waals surface area contributed by atoms with E-state index in [1.807, 2.05) is 19.2 Å². The third-order valence-electron chi connectivity index (χ3n) is 5.11. The van der Waals surface area contributed by atoms with Crippen LogP contribution >= 0.6 is 0 Å². The highest BCUT2D eigenvalue weighted by Crippen LogP contribution is 2.24. The lowest BCUT2D eigenvalue weighted by Gasteiger charge is -2.28. The Morgan fingerprint density at radius 3 is 2.77 bits per heavy atom. The molecule has 4 heterocycles. The molecule has 2 saturated heterocycles. The van der Waals surface area contributed by atoms with Gasteiger partial charge in [0.15, 0.2) is 0 Å². The SMILES string of the molecule is Cc1ncnc(N2CCC(Nc3nccc(N4CCOCC4)n3)C2)c1C. The molecule has 2 aliphatic heterocycles. The average molecular weight is 355 g/mol. The number of aromatic nitrogens is 4. The van der Waals surface area contributed by atoms with E-state index in [9.17, 15) is 0 Å². The number of aryl methyl sites for hydroxylation is 1. The van der Waals surface area contributed by atoms with Gasteiger partial charge in [0.25, 0.3) is 0 Å². The Balaban J connectivity index is 1.41. The molecule has 138 valence electrons. The van der Waals surface area contributed by atoms with E-state index in [1.54, 1.807) is 6.33 Å². The van der Waals surface area contributed by atoms with Crippen LogP contribution in [0.3, 0.4) is 0 Å². The fraction of sp³-hybridized carbons (Fsp3) is 0.556. The van der Waals surface area contributed by atoms with E-state index in [1.165, 1.54) is 0 Å². The van der Waals surface area contributed by atoms with Gasteiger partial charge in [-0.1, -0.05) is 0 Å². The molecule has 4 rings (SSSR count). The molecule has 0 radical (unpaired) electrons. The van der Waals surface area contributed by atoms with E-state index in [2.05, 4.69) is 37.0 Å². The summed E-state index contributed by atoms with van der Waals surface area (Å²) in [5, 5.41) is 3.49. The maximum atomic E-state index is 5.41. The molecule has 2 aromatic heterocycles. The molecule has 2 aromatic rings. The van der Waals surface area contributed by atoms with Crippen molar-refractivity contribution in [2.45, 2.75) is 26.3 Å². The van der Waals surface area contributed by atoms with Gasteiger partial charge in [0.1, 0.15) is 18.0 Å². The molecular weight excluding hydrogens is 330 g/mol. The van der Waals surface area contributed by atoms with Crippen LogP contribution in [0.25, 0.3) is 0 Å². The Bertz CT molecular complexity index is 763. The summed E-state index contributed by atoms with van der Waals surface area (Å²) in [5.41, 5.74) is 2.19. The first-order chi connectivity index (χ1) is 12.7. The van der Waals surface area contributed by atoms with Gasteiger partial charge in [-0.05, 0) is 26.3 Å². The first-order valence-corrected chi connectivity index (χ1v) is 9.16. The lowest BCUT2D eigenvalue weighted by atomic mass is 10.2. The molecule has 2 fully saturated rings. The quantitative estimate of drug-likeness (QED) is 0.882. The molecule has 8 nitrogen and oxygen atoms in total. The molecule has 26 heavy (non-hydrogen) atoms. The predicted molar refractivity (Wildman–Crippen MR) is 101 cm³/mol. The van der Waals surface area contributed by atoms with E-state index in [-0.39, 0.29) is 0 Å². The molecule has 2 aliphatic rings. The molecule has 1 N–H and O–H groups in total. The molecule has 0 aromatic carbocycles. The first-order valence-electron chi connectivity index (χ1n) is 9.16. The second kappa shape index (κ2) is 7.41. The Hall–Kier alpha value is -2.48. The van der Waals surface area contributed by atoms with Crippen LogP contribution in [0.15, 0.2) is 18.6 Å². The normalized spacial score (nSPS) is 20.5. The maximum absolute atomic E-state index is 5.41. The smallest absolute Gasteiger partial charge is 0.224 e. The molecule has 0 bridgehead atoms. The summed E-state index contributed by atoms with van der Waals surface area (Å²) in [5.74, 6) is 2.68. The van der Waals surface area contributed by atoms with Gasteiger partial charge in [-0.2, -0.15) is 4.98 Å². The van der Waals surface area contributed by atoms with Crippen molar-refractivity contribution in [3.05, 3.63) is 29.8 Å². The summed E-state index contributed by atoms with van der Waals surface area (Å²) in [4.78, 5) is 22.4. The van der Waals surface area contributed by atoms with Crippen molar-refractivity contribution in [1.82, 2.24) is 19.9 Å². The van der Waals surface area contributed by atoms with Crippen LogP contribution in [0, 0.1) is 13.8 Å². The van der Waals surface area contributed by atoms with E-state index in [4.69, 9.17) is 9.72 Å². The lowest BCUT2D eigenvalue weighted by Crippen LogP contribution is -2.37. The second-order valence-electron chi connectivity index (χ2n) is 6.82. The van der Waals surface area contributed by atoms with Crippen molar-refractivity contribution in [1.29, 1.82) is 0 Å². The minimum absolute atomic E-state index is 0.310. The topological polar surface area (TPSA) is 79.3 Å². The molecule has 1 unspecified atom stereocenters. The van der Waals surface area contributed by atoms with Crippen molar-refractivity contribution in [3.8, 4) is 0 Å². The molecule has 0 spiro atoms. The number of anilines is 3. The standard InChI is InChI=1S/C18H25N7O/c1-13-14(2)20-12-21-17(13)25-6-4-15(11-25)22-18-19-5-3-16(23-18)24-7-9-26-10-8-24/h3,5,12,15H,4,6-11H2,1-2H3,(H,19,22,23). The van der Waals surface area contributed by atoms with Crippen LogP contribution in [0.2, 0.25) is 0 Å². The summed E-state index contributed by atoms with van der Waals surface area (Å²) in [6.45, 7) is 9.22. The van der Waals surface area contributed by atoms with Crippen molar-refractivity contribution in [3.63, 3.8) is 0 Å². The van der Waals surface area contributed by atoms with E-state index < -0.39 is 0 Å². The monoisotopic (exact) mass is 355 g/mol.